The number of aliphatic hydroxyl groups excluding tert-OH is 1. The highest BCUT2D eigenvalue weighted by molar-refractivity contribution is 5.86. The topological polar surface area (TPSA) is 125 Å². The van der Waals surface area contributed by atoms with Crippen LogP contribution in [0.4, 0.5) is 4.79 Å². The number of ether oxygens (including phenoxy) is 1. The van der Waals surface area contributed by atoms with Crippen LogP contribution in [0.2, 0.25) is 0 Å². The Morgan fingerprint density at radius 2 is 1.76 bits per heavy atom. The van der Waals surface area contributed by atoms with Gasteiger partial charge in [-0.15, -0.1) is 0 Å². The van der Waals surface area contributed by atoms with E-state index in [2.05, 4.69) is 5.32 Å². The van der Waals surface area contributed by atoms with E-state index in [1.807, 2.05) is 35.2 Å². The van der Waals surface area contributed by atoms with Gasteiger partial charge < -0.3 is 25.8 Å². The van der Waals surface area contributed by atoms with Crippen LogP contribution in [0, 0.1) is 5.92 Å². The highest BCUT2D eigenvalue weighted by Gasteiger charge is 2.41. The van der Waals surface area contributed by atoms with Gasteiger partial charge in [-0.05, 0) is 50.0 Å². The molecule has 0 radical (unpaired) electrons. The Bertz CT molecular complexity index is 852. The van der Waals surface area contributed by atoms with Crippen molar-refractivity contribution in [3.63, 3.8) is 0 Å². The average molecular weight is 473 g/mol. The van der Waals surface area contributed by atoms with E-state index >= 15 is 0 Å². The summed E-state index contributed by atoms with van der Waals surface area (Å²) in [6.07, 6.45) is 3.96. The molecule has 1 aromatic rings. The van der Waals surface area contributed by atoms with Gasteiger partial charge in [0.05, 0.1) is 18.7 Å². The third-order valence-electron chi connectivity index (χ3n) is 7.35. The summed E-state index contributed by atoms with van der Waals surface area (Å²) in [5.74, 6) is -0.0947. The van der Waals surface area contributed by atoms with Gasteiger partial charge in [0.2, 0.25) is 11.8 Å². The summed E-state index contributed by atoms with van der Waals surface area (Å²) in [5.41, 5.74) is 7.15. The van der Waals surface area contributed by atoms with Crippen molar-refractivity contribution >= 4 is 17.9 Å². The molecule has 0 unspecified atom stereocenters. The predicted molar refractivity (Wildman–Crippen MR) is 125 cm³/mol. The average Bonchev–Trinajstić information content (AvgIpc) is 3.53. The molecule has 0 bridgehead atoms. The fourth-order valence-corrected chi connectivity index (χ4v) is 5.34. The molecular weight excluding hydrogens is 436 g/mol. The van der Waals surface area contributed by atoms with E-state index in [4.69, 9.17) is 10.5 Å². The minimum absolute atomic E-state index is 0.0298. The number of likely N-dealkylation sites (tertiary alicyclic amines) is 2. The first-order valence-corrected chi connectivity index (χ1v) is 12.4. The summed E-state index contributed by atoms with van der Waals surface area (Å²) >= 11 is 0. The SMILES string of the molecule is N[C@H](C(=O)N1CCCC1)[C@H]1CC[C@H](NC(=O)[C@@H]2C[C@@H](O)CN2C(=O)OCc2ccccc2)CC1. The third kappa shape index (κ3) is 5.88. The number of hydrogen-bond donors (Lipinski definition) is 3. The lowest BCUT2D eigenvalue weighted by Crippen LogP contribution is -2.51. The Balaban J connectivity index is 1.25. The summed E-state index contributed by atoms with van der Waals surface area (Å²) in [4.78, 5) is 41.4. The van der Waals surface area contributed by atoms with Crippen LogP contribution in [0.5, 0.6) is 0 Å². The third-order valence-corrected chi connectivity index (χ3v) is 7.35. The smallest absolute Gasteiger partial charge is 0.410 e. The first kappa shape index (κ1) is 24.5. The van der Waals surface area contributed by atoms with Gasteiger partial charge in [-0.3, -0.25) is 14.5 Å². The van der Waals surface area contributed by atoms with Crippen LogP contribution in [-0.2, 0) is 20.9 Å². The van der Waals surface area contributed by atoms with Gasteiger partial charge in [-0.1, -0.05) is 30.3 Å². The molecule has 9 heteroatoms. The van der Waals surface area contributed by atoms with Crippen molar-refractivity contribution in [2.24, 2.45) is 11.7 Å². The van der Waals surface area contributed by atoms with Crippen LogP contribution < -0.4 is 11.1 Å². The number of benzene rings is 1. The molecular formula is C25H36N4O5. The Labute approximate surface area is 200 Å². The predicted octanol–water partition coefficient (Wildman–Crippen LogP) is 1.38. The first-order chi connectivity index (χ1) is 16.4. The quantitative estimate of drug-likeness (QED) is 0.575. The molecule has 3 aliphatic rings. The van der Waals surface area contributed by atoms with Gasteiger partial charge >= 0.3 is 6.09 Å². The molecule has 0 aromatic heterocycles. The molecule has 186 valence electrons. The minimum Gasteiger partial charge on any atom is -0.445 e. The van der Waals surface area contributed by atoms with E-state index in [0.717, 1.165) is 57.2 Å². The van der Waals surface area contributed by atoms with Crippen LogP contribution in [0.25, 0.3) is 0 Å². The van der Waals surface area contributed by atoms with Gasteiger partial charge in [0.15, 0.2) is 0 Å². The number of β-amino-alcohol motifs (C(OH)–C–C–N with tert-alkyl or cyclic N) is 1. The van der Waals surface area contributed by atoms with E-state index in [0.29, 0.717) is 0 Å². The second kappa shape index (κ2) is 11.2. The van der Waals surface area contributed by atoms with Gasteiger partial charge in [-0.25, -0.2) is 4.79 Å². The Hall–Kier alpha value is -2.65. The van der Waals surface area contributed by atoms with Gasteiger partial charge in [0, 0.05) is 25.6 Å². The number of carbonyl (C=O) groups is 3. The summed E-state index contributed by atoms with van der Waals surface area (Å²) in [6, 6.07) is 8.07. The highest BCUT2D eigenvalue weighted by atomic mass is 16.6. The van der Waals surface area contributed by atoms with Gasteiger partial charge in [-0.2, -0.15) is 0 Å². The van der Waals surface area contributed by atoms with Crippen LogP contribution in [-0.4, -0.2) is 76.7 Å². The summed E-state index contributed by atoms with van der Waals surface area (Å²) in [7, 11) is 0. The number of rotatable bonds is 6. The fraction of sp³-hybridized carbons (Fsp3) is 0.640. The summed E-state index contributed by atoms with van der Waals surface area (Å²) < 4.78 is 5.38. The van der Waals surface area contributed by atoms with E-state index in [-0.39, 0.29) is 43.3 Å². The van der Waals surface area contributed by atoms with Crippen LogP contribution in [0.15, 0.2) is 30.3 Å². The van der Waals surface area contributed by atoms with Gasteiger partial charge in [0.25, 0.3) is 0 Å². The lowest BCUT2D eigenvalue weighted by Gasteiger charge is -2.34. The molecule has 3 fully saturated rings. The first-order valence-electron chi connectivity index (χ1n) is 12.4. The number of hydrogen-bond acceptors (Lipinski definition) is 6. The molecule has 3 atom stereocenters. The second-order valence-corrected chi connectivity index (χ2v) is 9.78. The maximum atomic E-state index is 13.0. The minimum atomic E-state index is -0.759. The second-order valence-electron chi connectivity index (χ2n) is 9.78. The maximum Gasteiger partial charge on any atom is 0.410 e. The number of amides is 3. The van der Waals surface area contributed by atoms with Crippen molar-refractivity contribution in [3.05, 3.63) is 35.9 Å². The molecule has 9 nitrogen and oxygen atoms in total. The fourth-order valence-electron chi connectivity index (χ4n) is 5.34. The van der Waals surface area contributed by atoms with Crippen molar-refractivity contribution < 1.29 is 24.2 Å². The molecule has 2 heterocycles. The molecule has 2 aliphatic heterocycles. The van der Waals surface area contributed by atoms with E-state index in [1.165, 1.54) is 4.90 Å². The molecule has 2 saturated heterocycles. The van der Waals surface area contributed by atoms with E-state index in [1.54, 1.807) is 0 Å². The normalized spacial score (nSPS) is 27.9. The summed E-state index contributed by atoms with van der Waals surface area (Å²) in [6.45, 7) is 1.79. The lowest BCUT2D eigenvalue weighted by molar-refractivity contribution is -0.133. The van der Waals surface area contributed by atoms with E-state index < -0.39 is 24.3 Å². The number of carbonyl (C=O) groups excluding carboxylic acids is 3. The Morgan fingerprint density at radius 1 is 1.09 bits per heavy atom. The number of nitrogens with zero attached hydrogens (tertiary/aromatic N) is 2. The molecule has 34 heavy (non-hydrogen) atoms. The van der Waals surface area contributed by atoms with E-state index in [9.17, 15) is 19.5 Å². The largest absolute Gasteiger partial charge is 0.445 e. The van der Waals surface area contributed by atoms with Crippen molar-refractivity contribution in [1.29, 1.82) is 0 Å². The molecule has 4 rings (SSSR count). The van der Waals surface area contributed by atoms with Crippen LogP contribution in [0.3, 0.4) is 0 Å². The Kier molecular flexibility index (Phi) is 8.05. The summed E-state index contributed by atoms with van der Waals surface area (Å²) in [5, 5.41) is 13.2. The molecule has 3 amide bonds. The zero-order chi connectivity index (χ0) is 24.1. The molecule has 0 spiro atoms. The zero-order valence-electron chi connectivity index (χ0n) is 19.6. The highest BCUT2D eigenvalue weighted by Crippen LogP contribution is 2.28. The zero-order valence-corrected chi connectivity index (χ0v) is 19.6. The number of nitrogens with one attached hydrogen (secondary N) is 1. The molecule has 4 N–H and O–H groups in total. The van der Waals surface area contributed by atoms with Crippen LogP contribution in [0.1, 0.15) is 50.5 Å². The van der Waals surface area contributed by atoms with Crippen molar-refractivity contribution in [2.75, 3.05) is 19.6 Å². The maximum absolute atomic E-state index is 13.0. The van der Waals surface area contributed by atoms with Crippen LogP contribution >= 0.6 is 0 Å². The Morgan fingerprint density at radius 3 is 2.44 bits per heavy atom. The van der Waals surface area contributed by atoms with Crippen molar-refractivity contribution in [3.8, 4) is 0 Å². The monoisotopic (exact) mass is 472 g/mol. The number of nitrogens with two attached hydrogens (primary N) is 1. The molecule has 1 aliphatic carbocycles. The van der Waals surface area contributed by atoms with Crippen molar-refractivity contribution in [1.82, 2.24) is 15.1 Å². The number of aliphatic hydroxyl groups is 1. The molecule has 1 saturated carbocycles. The standard InChI is InChI=1S/C25H36N4O5/c26-22(24(32)28-12-4-5-13-28)18-8-10-19(11-9-18)27-23(31)21-14-20(30)15-29(21)25(33)34-16-17-6-2-1-3-7-17/h1-3,6-7,18-22,30H,4-5,8-16,26H2,(H,27,31)/t18-,19-,20-,21+,22+/m1/s1. The lowest BCUT2D eigenvalue weighted by atomic mass is 9.81. The van der Waals surface area contributed by atoms with Gasteiger partial charge in [0.1, 0.15) is 12.6 Å². The molecule has 1 aromatic carbocycles. The van der Waals surface area contributed by atoms with Crippen molar-refractivity contribution in [2.45, 2.75) is 75.8 Å².